The molecule has 176 valence electrons. The SMILES string of the molecule is Cc1c(Cl)ccc2sc(N(CCN(C)C)C(=O)C3CC(=O)N(c4ccc(F)cc4)C3)nc12.Cl. The molecule has 4 rings (SSSR count). The molecule has 0 bridgehead atoms. The Balaban J connectivity index is 0.00000306. The van der Waals surface area contributed by atoms with Crippen molar-refractivity contribution in [2.24, 2.45) is 5.92 Å². The van der Waals surface area contributed by atoms with E-state index < -0.39 is 5.92 Å². The quantitative estimate of drug-likeness (QED) is 0.479. The second-order valence-electron chi connectivity index (χ2n) is 8.19. The molecule has 0 saturated carbocycles. The summed E-state index contributed by atoms with van der Waals surface area (Å²) in [6.07, 6.45) is 0.116. The molecule has 2 aromatic carbocycles. The Morgan fingerprint density at radius 2 is 1.91 bits per heavy atom. The van der Waals surface area contributed by atoms with Crippen molar-refractivity contribution in [1.29, 1.82) is 0 Å². The van der Waals surface area contributed by atoms with Crippen LogP contribution >= 0.6 is 35.3 Å². The maximum atomic E-state index is 13.6. The number of fused-ring (bicyclic) bond motifs is 1. The lowest BCUT2D eigenvalue weighted by Gasteiger charge is -2.24. The minimum Gasteiger partial charge on any atom is -0.312 e. The van der Waals surface area contributed by atoms with Crippen molar-refractivity contribution >= 4 is 68.2 Å². The second-order valence-corrected chi connectivity index (χ2v) is 9.61. The van der Waals surface area contributed by atoms with E-state index in [1.165, 1.54) is 23.5 Å². The average Bonchev–Trinajstić information content (AvgIpc) is 3.35. The number of hydrogen-bond acceptors (Lipinski definition) is 5. The number of nitrogens with zero attached hydrogens (tertiary/aromatic N) is 4. The number of likely N-dealkylation sites (N-methyl/N-ethyl adjacent to an activating group) is 1. The van der Waals surface area contributed by atoms with E-state index >= 15 is 0 Å². The summed E-state index contributed by atoms with van der Waals surface area (Å²) >= 11 is 7.70. The maximum absolute atomic E-state index is 13.6. The van der Waals surface area contributed by atoms with Gasteiger partial charge in [0, 0.05) is 36.8 Å². The van der Waals surface area contributed by atoms with Crippen molar-refractivity contribution in [1.82, 2.24) is 9.88 Å². The number of halogens is 3. The third kappa shape index (κ3) is 5.30. The summed E-state index contributed by atoms with van der Waals surface area (Å²) < 4.78 is 14.2. The molecule has 0 radical (unpaired) electrons. The van der Waals surface area contributed by atoms with Crippen LogP contribution in [-0.4, -0.2) is 55.4 Å². The van der Waals surface area contributed by atoms with Gasteiger partial charge in [-0.05, 0) is 63.0 Å². The molecule has 0 N–H and O–H groups in total. The van der Waals surface area contributed by atoms with Gasteiger partial charge in [0.05, 0.1) is 16.1 Å². The second kappa shape index (κ2) is 10.3. The number of amides is 2. The fraction of sp³-hybridized carbons (Fsp3) is 0.348. The predicted molar refractivity (Wildman–Crippen MR) is 134 cm³/mol. The molecule has 2 heterocycles. The Hall–Kier alpha value is -2.26. The van der Waals surface area contributed by atoms with Gasteiger partial charge >= 0.3 is 0 Å². The first-order valence-corrected chi connectivity index (χ1v) is 11.5. The van der Waals surface area contributed by atoms with Crippen LogP contribution in [0.4, 0.5) is 15.2 Å². The summed E-state index contributed by atoms with van der Waals surface area (Å²) in [7, 11) is 3.89. The van der Waals surface area contributed by atoms with Gasteiger partial charge in [-0.15, -0.1) is 12.4 Å². The Morgan fingerprint density at radius 1 is 1.21 bits per heavy atom. The van der Waals surface area contributed by atoms with Crippen LogP contribution in [0.25, 0.3) is 10.2 Å². The molecular weight excluding hydrogens is 486 g/mol. The zero-order valence-electron chi connectivity index (χ0n) is 18.5. The number of anilines is 2. The van der Waals surface area contributed by atoms with Crippen LogP contribution < -0.4 is 9.80 Å². The van der Waals surface area contributed by atoms with Crippen LogP contribution in [0.5, 0.6) is 0 Å². The normalized spacial score (nSPS) is 15.9. The molecule has 0 spiro atoms. The lowest BCUT2D eigenvalue weighted by molar-refractivity contribution is -0.124. The monoisotopic (exact) mass is 510 g/mol. The van der Waals surface area contributed by atoms with Crippen molar-refractivity contribution in [3.63, 3.8) is 0 Å². The van der Waals surface area contributed by atoms with E-state index in [2.05, 4.69) is 0 Å². The number of hydrogen-bond donors (Lipinski definition) is 0. The third-order valence-corrected chi connectivity index (χ3v) is 7.07. The van der Waals surface area contributed by atoms with Gasteiger partial charge in [0.1, 0.15) is 5.82 Å². The summed E-state index contributed by atoms with van der Waals surface area (Å²) in [6, 6.07) is 9.50. The topological polar surface area (TPSA) is 56.8 Å². The highest BCUT2D eigenvalue weighted by molar-refractivity contribution is 7.22. The summed E-state index contributed by atoms with van der Waals surface area (Å²) in [5, 5.41) is 1.24. The first kappa shape index (κ1) is 25.4. The van der Waals surface area contributed by atoms with E-state index in [1.807, 2.05) is 38.1 Å². The lowest BCUT2D eigenvalue weighted by Crippen LogP contribution is -2.41. The van der Waals surface area contributed by atoms with Crippen LogP contribution in [0.1, 0.15) is 12.0 Å². The van der Waals surface area contributed by atoms with Crippen LogP contribution in [-0.2, 0) is 9.59 Å². The molecule has 1 fully saturated rings. The first-order chi connectivity index (χ1) is 15.2. The molecule has 1 atom stereocenters. The smallest absolute Gasteiger partial charge is 0.234 e. The Labute approximate surface area is 207 Å². The summed E-state index contributed by atoms with van der Waals surface area (Å²) in [5.41, 5.74) is 2.26. The van der Waals surface area contributed by atoms with Crippen molar-refractivity contribution in [3.05, 3.63) is 52.8 Å². The van der Waals surface area contributed by atoms with Crippen molar-refractivity contribution in [2.75, 3.05) is 43.5 Å². The van der Waals surface area contributed by atoms with E-state index in [1.54, 1.807) is 21.9 Å². The third-order valence-electron chi connectivity index (χ3n) is 5.62. The van der Waals surface area contributed by atoms with Crippen LogP contribution in [0, 0.1) is 18.7 Å². The molecule has 1 aliphatic rings. The predicted octanol–water partition coefficient (Wildman–Crippen LogP) is 4.77. The number of aryl methyl sites for hydroxylation is 1. The fourth-order valence-corrected chi connectivity index (χ4v) is 4.98. The van der Waals surface area contributed by atoms with E-state index in [0.29, 0.717) is 28.9 Å². The summed E-state index contributed by atoms with van der Waals surface area (Å²) in [6.45, 7) is 3.29. The molecule has 3 aromatic rings. The molecule has 6 nitrogen and oxygen atoms in total. The van der Waals surface area contributed by atoms with Crippen molar-refractivity contribution < 1.29 is 14.0 Å². The van der Waals surface area contributed by atoms with Gasteiger partial charge in [-0.3, -0.25) is 14.5 Å². The fourth-order valence-electron chi connectivity index (χ4n) is 3.77. The van der Waals surface area contributed by atoms with Crippen LogP contribution in [0.15, 0.2) is 36.4 Å². The van der Waals surface area contributed by atoms with Gasteiger partial charge in [0.25, 0.3) is 0 Å². The Kier molecular flexibility index (Phi) is 7.95. The summed E-state index contributed by atoms with van der Waals surface area (Å²) in [5.74, 6) is -1.14. The molecule has 2 amide bonds. The zero-order valence-corrected chi connectivity index (χ0v) is 20.9. The van der Waals surface area contributed by atoms with Gasteiger partial charge < -0.3 is 9.80 Å². The van der Waals surface area contributed by atoms with E-state index in [4.69, 9.17) is 16.6 Å². The van der Waals surface area contributed by atoms with Crippen LogP contribution in [0.2, 0.25) is 5.02 Å². The number of carbonyl (C=O) groups is 2. The Bertz CT molecular complexity index is 1170. The molecule has 0 aliphatic carbocycles. The lowest BCUT2D eigenvalue weighted by atomic mass is 10.1. The van der Waals surface area contributed by atoms with Gasteiger partial charge in [-0.2, -0.15) is 0 Å². The maximum Gasteiger partial charge on any atom is 0.234 e. The molecule has 1 aliphatic heterocycles. The highest BCUT2D eigenvalue weighted by atomic mass is 35.5. The van der Waals surface area contributed by atoms with Gasteiger partial charge in [-0.1, -0.05) is 22.9 Å². The van der Waals surface area contributed by atoms with Gasteiger partial charge in [0.15, 0.2) is 5.13 Å². The van der Waals surface area contributed by atoms with Crippen LogP contribution in [0.3, 0.4) is 0 Å². The van der Waals surface area contributed by atoms with E-state index in [0.717, 1.165) is 15.8 Å². The standard InChI is InChI=1S/C23H24ClFN4O2S.ClH/c1-14-18(24)8-9-19-21(14)26-23(32-19)28(11-10-27(2)3)22(31)15-12-20(30)29(13-15)17-6-4-16(25)5-7-17;/h4-9,15H,10-13H2,1-3H3;1H. The molecule has 1 saturated heterocycles. The van der Waals surface area contributed by atoms with E-state index in [9.17, 15) is 14.0 Å². The number of thiazole rings is 1. The summed E-state index contributed by atoms with van der Waals surface area (Å²) in [4.78, 5) is 36.2. The Morgan fingerprint density at radius 3 is 2.58 bits per heavy atom. The zero-order chi connectivity index (χ0) is 23.0. The molecule has 10 heteroatoms. The molecule has 33 heavy (non-hydrogen) atoms. The highest BCUT2D eigenvalue weighted by Crippen LogP contribution is 2.35. The van der Waals surface area contributed by atoms with Gasteiger partial charge in [-0.25, -0.2) is 9.37 Å². The number of carbonyl (C=O) groups excluding carboxylic acids is 2. The number of rotatable bonds is 6. The van der Waals surface area contributed by atoms with Crippen molar-refractivity contribution in [2.45, 2.75) is 13.3 Å². The molecule has 1 unspecified atom stereocenters. The van der Waals surface area contributed by atoms with Crippen molar-refractivity contribution in [3.8, 4) is 0 Å². The minimum absolute atomic E-state index is 0. The average molecular weight is 511 g/mol. The van der Waals surface area contributed by atoms with E-state index in [-0.39, 0.29) is 43.0 Å². The minimum atomic E-state index is -0.494. The number of aromatic nitrogens is 1. The van der Waals surface area contributed by atoms with Gasteiger partial charge in [0.2, 0.25) is 11.8 Å². The molecular formula is C23H25Cl2FN4O2S. The first-order valence-electron chi connectivity index (χ1n) is 10.3. The number of benzene rings is 2. The molecule has 1 aromatic heterocycles. The highest BCUT2D eigenvalue weighted by Gasteiger charge is 2.38. The largest absolute Gasteiger partial charge is 0.312 e.